The van der Waals surface area contributed by atoms with Gasteiger partial charge in [0.05, 0.1) is 0 Å². The molecule has 24 heavy (non-hydrogen) atoms. The fraction of sp³-hybridized carbons (Fsp3) is 0.261. The van der Waals surface area contributed by atoms with Gasteiger partial charge in [0.15, 0.2) is 5.78 Å². The van der Waals surface area contributed by atoms with Crippen LogP contribution in [-0.2, 0) is 4.79 Å². The molecule has 0 spiro atoms. The summed E-state index contributed by atoms with van der Waals surface area (Å²) in [5.74, 6) is 0.700. The van der Waals surface area contributed by atoms with Crippen molar-refractivity contribution < 1.29 is 4.79 Å². The minimum Gasteiger partial charge on any atom is -0.289 e. The number of allylic oxidation sites excluding steroid dienone is 2. The topological polar surface area (TPSA) is 17.1 Å². The average Bonchev–Trinajstić information content (AvgIpc) is 2.52. The summed E-state index contributed by atoms with van der Waals surface area (Å²) in [5.41, 5.74) is 6.52. The Morgan fingerprint density at radius 2 is 1.29 bits per heavy atom. The Morgan fingerprint density at radius 1 is 0.833 bits per heavy atom. The molecule has 0 radical (unpaired) electrons. The second-order valence-electron chi connectivity index (χ2n) is 7.01. The van der Waals surface area contributed by atoms with E-state index in [4.69, 9.17) is 0 Å². The molecule has 0 aromatic heterocycles. The number of aryl methyl sites for hydroxylation is 2. The van der Waals surface area contributed by atoms with Gasteiger partial charge in [0.25, 0.3) is 0 Å². The normalized spacial score (nSPS) is 21.5. The van der Waals surface area contributed by atoms with Gasteiger partial charge in [-0.15, -0.1) is 0 Å². The van der Waals surface area contributed by atoms with Crippen molar-refractivity contribution in [1.29, 1.82) is 0 Å². The van der Waals surface area contributed by atoms with Crippen LogP contribution in [0.3, 0.4) is 0 Å². The van der Waals surface area contributed by atoms with Crippen LogP contribution < -0.4 is 0 Å². The van der Waals surface area contributed by atoms with E-state index in [-0.39, 0.29) is 5.78 Å². The van der Waals surface area contributed by atoms with Gasteiger partial charge in [0.1, 0.15) is 0 Å². The molecule has 0 saturated heterocycles. The number of Topliss-reactive ketones (excluding diaryl/α,β-unsaturated/α-hetero) is 1. The second kappa shape index (κ2) is 7.00. The summed E-state index contributed by atoms with van der Waals surface area (Å²) in [6.45, 7) is 6.38. The van der Waals surface area contributed by atoms with Crippen LogP contribution in [-0.4, -0.2) is 5.78 Å². The van der Waals surface area contributed by atoms with Gasteiger partial charge in [-0.25, -0.2) is 0 Å². The molecule has 3 rings (SSSR count). The number of benzene rings is 2. The SMILES string of the molecule is Cc1cccc(/C=C2/CC(C)C/C(=C/c3cccc(C)c3)C2=O)c1. The van der Waals surface area contributed by atoms with Crippen LogP contribution in [0.25, 0.3) is 12.2 Å². The van der Waals surface area contributed by atoms with E-state index in [0.717, 1.165) is 35.1 Å². The van der Waals surface area contributed by atoms with Crippen LogP contribution >= 0.6 is 0 Å². The molecule has 2 aromatic carbocycles. The minimum absolute atomic E-state index is 0.205. The Balaban J connectivity index is 1.94. The van der Waals surface area contributed by atoms with Crippen molar-refractivity contribution >= 4 is 17.9 Å². The molecule has 0 unspecified atom stereocenters. The molecule has 1 saturated carbocycles. The Morgan fingerprint density at radius 3 is 1.71 bits per heavy atom. The molecule has 0 aliphatic heterocycles. The van der Waals surface area contributed by atoms with Gasteiger partial charge < -0.3 is 0 Å². The number of ketones is 1. The van der Waals surface area contributed by atoms with Gasteiger partial charge in [-0.3, -0.25) is 4.79 Å². The van der Waals surface area contributed by atoms with Crippen molar-refractivity contribution in [2.24, 2.45) is 5.92 Å². The van der Waals surface area contributed by atoms with E-state index in [1.165, 1.54) is 11.1 Å². The van der Waals surface area contributed by atoms with Crippen molar-refractivity contribution in [2.75, 3.05) is 0 Å². The first-order valence-corrected chi connectivity index (χ1v) is 8.60. The number of carbonyl (C=O) groups excluding carboxylic acids is 1. The standard InChI is InChI=1S/C23H24O/c1-16-6-4-8-19(10-16)14-21-12-18(3)13-22(23(21)24)15-20-9-5-7-17(2)11-20/h4-11,14-15,18H,12-13H2,1-3H3/b21-14-,22-15-. The zero-order valence-corrected chi connectivity index (χ0v) is 14.7. The van der Waals surface area contributed by atoms with Gasteiger partial charge >= 0.3 is 0 Å². The molecule has 0 amide bonds. The summed E-state index contributed by atoms with van der Waals surface area (Å²) in [4.78, 5) is 12.9. The lowest BCUT2D eigenvalue weighted by Gasteiger charge is -2.22. The van der Waals surface area contributed by atoms with Gasteiger partial charge in [0, 0.05) is 11.1 Å². The molecule has 0 bridgehead atoms. The van der Waals surface area contributed by atoms with Gasteiger partial charge in [-0.1, -0.05) is 66.6 Å². The Hall–Kier alpha value is -2.41. The summed E-state index contributed by atoms with van der Waals surface area (Å²) in [6.07, 6.45) is 5.85. The maximum absolute atomic E-state index is 12.9. The molecule has 1 heteroatoms. The molecular weight excluding hydrogens is 292 g/mol. The lowest BCUT2D eigenvalue weighted by atomic mass is 9.80. The highest BCUT2D eigenvalue weighted by Crippen LogP contribution is 2.32. The van der Waals surface area contributed by atoms with Crippen molar-refractivity contribution in [3.8, 4) is 0 Å². The molecule has 122 valence electrons. The molecule has 2 aromatic rings. The third kappa shape index (κ3) is 3.91. The molecule has 0 atom stereocenters. The predicted octanol–water partition coefficient (Wildman–Crippen LogP) is 5.77. The van der Waals surface area contributed by atoms with Crippen LogP contribution in [0, 0.1) is 19.8 Å². The van der Waals surface area contributed by atoms with E-state index in [9.17, 15) is 4.79 Å². The summed E-state index contributed by atoms with van der Waals surface area (Å²) in [6, 6.07) is 16.6. The van der Waals surface area contributed by atoms with E-state index < -0.39 is 0 Å². The fourth-order valence-corrected chi connectivity index (χ4v) is 3.39. The summed E-state index contributed by atoms with van der Waals surface area (Å²) < 4.78 is 0. The van der Waals surface area contributed by atoms with Crippen LogP contribution in [0.4, 0.5) is 0 Å². The molecule has 0 heterocycles. The second-order valence-corrected chi connectivity index (χ2v) is 7.01. The van der Waals surface area contributed by atoms with Crippen LogP contribution in [0.5, 0.6) is 0 Å². The van der Waals surface area contributed by atoms with E-state index in [2.05, 4.69) is 69.3 Å². The number of hydrogen-bond donors (Lipinski definition) is 0. The molecular formula is C23H24O. The number of rotatable bonds is 2. The average molecular weight is 316 g/mol. The van der Waals surface area contributed by atoms with Crippen molar-refractivity contribution in [1.82, 2.24) is 0 Å². The molecule has 1 aliphatic carbocycles. The first kappa shape index (κ1) is 16.4. The highest BCUT2D eigenvalue weighted by Gasteiger charge is 2.25. The highest BCUT2D eigenvalue weighted by atomic mass is 16.1. The van der Waals surface area contributed by atoms with Crippen molar-refractivity contribution in [2.45, 2.75) is 33.6 Å². The highest BCUT2D eigenvalue weighted by molar-refractivity contribution is 6.14. The van der Waals surface area contributed by atoms with E-state index in [0.29, 0.717) is 5.92 Å². The Bertz CT molecular complexity index is 756. The van der Waals surface area contributed by atoms with Gasteiger partial charge in [-0.2, -0.15) is 0 Å². The zero-order valence-electron chi connectivity index (χ0n) is 14.7. The van der Waals surface area contributed by atoms with E-state index in [1.807, 2.05) is 12.1 Å². The maximum Gasteiger partial charge on any atom is 0.185 e. The maximum atomic E-state index is 12.9. The molecule has 1 fully saturated rings. The number of carbonyl (C=O) groups is 1. The summed E-state index contributed by atoms with van der Waals surface area (Å²) in [7, 11) is 0. The van der Waals surface area contributed by atoms with Crippen molar-refractivity contribution in [3.63, 3.8) is 0 Å². The quantitative estimate of drug-likeness (QED) is 0.643. The van der Waals surface area contributed by atoms with Crippen LogP contribution in [0.2, 0.25) is 0 Å². The Labute approximate surface area is 144 Å². The zero-order chi connectivity index (χ0) is 17.1. The van der Waals surface area contributed by atoms with E-state index in [1.54, 1.807) is 0 Å². The fourth-order valence-electron chi connectivity index (χ4n) is 3.39. The number of hydrogen-bond acceptors (Lipinski definition) is 1. The van der Waals surface area contributed by atoms with Gasteiger partial charge in [-0.05, 0) is 55.9 Å². The Kier molecular flexibility index (Phi) is 4.80. The minimum atomic E-state index is 0.205. The van der Waals surface area contributed by atoms with Crippen molar-refractivity contribution in [3.05, 3.63) is 81.9 Å². The molecule has 1 nitrogen and oxygen atoms in total. The third-order valence-electron chi connectivity index (χ3n) is 4.49. The predicted molar refractivity (Wildman–Crippen MR) is 102 cm³/mol. The van der Waals surface area contributed by atoms with Crippen LogP contribution in [0.15, 0.2) is 59.7 Å². The lowest BCUT2D eigenvalue weighted by molar-refractivity contribution is -0.113. The smallest absolute Gasteiger partial charge is 0.185 e. The van der Waals surface area contributed by atoms with Crippen LogP contribution in [0.1, 0.15) is 42.0 Å². The summed E-state index contributed by atoms with van der Waals surface area (Å²) >= 11 is 0. The monoisotopic (exact) mass is 316 g/mol. The molecule has 0 N–H and O–H groups in total. The molecule has 1 aliphatic rings. The first-order valence-electron chi connectivity index (χ1n) is 8.60. The lowest BCUT2D eigenvalue weighted by Crippen LogP contribution is -2.18. The summed E-state index contributed by atoms with van der Waals surface area (Å²) in [5, 5.41) is 0. The van der Waals surface area contributed by atoms with E-state index >= 15 is 0 Å². The van der Waals surface area contributed by atoms with Gasteiger partial charge in [0.2, 0.25) is 0 Å². The largest absolute Gasteiger partial charge is 0.289 e. The first-order chi connectivity index (χ1) is 11.5. The third-order valence-corrected chi connectivity index (χ3v) is 4.49.